The maximum Gasteiger partial charge on any atom is 0.258 e. The minimum atomic E-state index is 0.417. The summed E-state index contributed by atoms with van der Waals surface area (Å²) in [6.07, 6.45) is 0. The first kappa shape index (κ1) is 9.61. The third kappa shape index (κ3) is 7.61. The van der Waals surface area contributed by atoms with E-state index in [1.54, 1.807) is 0 Å². The standard InChI is InChI=1S/C6H11B2NO/c1-6(2)4-3-5-9-7-8-10/h6,9-10H,5H2,1-2H3. The molecule has 0 aromatic carbocycles. The molecule has 4 heteroatoms. The Morgan fingerprint density at radius 2 is 2.30 bits per heavy atom. The van der Waals surface area contributed by atoms with Gasteiger partial charge < -0.3 is 10.3 Å². The molecule has 0 heterocycles. The third-order valence-corrected chi connectivity index (χ3v) is 0.774. The molecule has 2 nitrogen and oxygen atoms in total. The molecule has 0 amide bonds. The summed E-state index contributed by atoms with van der Waals surface area (Å²) >= 11 is 0. The molecule has 0 bridgehead atoms. The van der Waals surface area contributed by atoms with Gasteiger partial charge in [0, 0.05) is 12.5 Å². The van der Waals surface area contributed by atoms with Crippen LogP contribution in [0.5, 0.6) is 0 Å². The second kappa shape index (κ2) is 6.73. The molecular formula is C6H11B2NO. The van der Waals surface area contributed by atoms with Crippen LogP contribution < -0.4 is 5.23 Å². The van der Waals surface area contributed by atoms with Gasteiger partial charge in [-0.3, -0.25) is 0 Å². The molecule has 52 valence electrons. The van der Waals surface area contributed by atoms with Crippen LogP contribution >= 0.6 is 0 Å². The zero-order valence-electron chi connectivity index (χ0n) is 6.39. The van der Waals surface area contributed by atoms with Crippen molar-refractivity contribution in [1.82, 2.24) is 5.23 Å². The van der Waals surface area contributed by atoms with Crippen molar-refractivity contribution in [3.05, 3.63) is 0 Å². The lowest BCUT2D eigenvalue weighted by Gasteiger charge is -1.91. The fourth-order valence-corrected chi connectivity index (χ4v) is 0.418. The van der Waals surface area contributed by atoms with Crippen molar-refractivity contribution in [2.24, 2.45) is 5.92 Å². The highest BCUT2D eigenvalue weighted by Gasteiger charge is 1.85. The Labute approximate surface area is 63.9 Å². The van der Waals surface area contributed by atoms with Gasteiger partial charge in [-0.15, -0.1) is 0 Å². The highest BCUT2D eigenvalue weighted by molar-refractivity contribution is 6.95. The van der Waals surface area contributed by atoms with Gasteiger partial charge in [-0.1, -0.05) is 25.7 Å². The van der Waals surface area contributed by atoms with Crippen LogP contribution in [0.3, 0.4) is 0 Å². The van der Waals surface area contributed by atoms with E-state index in [1.807, 2.05) is 13.8 Å². The topological polar surface area (TPSA) is 32.3 Å². The van der Waals surface area contributed by atoms with Crippen LogP contribution in [0.15, 0.2) is 0 Å². The van der Waals surface area contributed by atoms with Gasteiger partial charge in [-0.05, 0) is 0 Å². The van der Waals surface area contributed by atoms with Gasteiger partial charge in [0.25, 0.3) is 7.37 Å². The van der Waals surface area contributed by atoms with Gasteiger partial charge in [0.05, 0.1) is 0 Å². The summed E-state index contributed by atoms with van der Waals surface area (Å²) in [5.74, 6) is 6.29. The molecular weight excluding hydrogens is 124 g/mol. The van der Waals surface area contributed by atoms with Crippen LogP contribution in [0, 0.1) is 17.8 Å². The summed E-state index contributed by atoms with van der Waals surface area (Å²) < 4.78 is 0. The number of nitrogens with one attached hydrogen (secondary N) is 1. The van der Waals surface area contributed by atoms with E-state index in [2.05, 4.69) is 17.1 Å². The highest BCUT2D eigenvalue weighted by Crippen LogP contribution is 1.83. The van der Waals surface area contributed by atoms with Crippen LogP contribution in [-0.4, -0.2) is 26.2 Å². The maximum atomic E-state index is 8.18. The van der Waals surface area contributed by atoms with E-state index in [0.29, 0.717) is 12.5 Å². The lowest BCUT2D eigenvalue weighted by Crippen LogP contribution is -2.24. The van der Waals surface area contributed by atoms with E-state index in [1.165, 1.54) is 7.31 Å². The lowest BCUT2D eigenvalue weighted by atomic mass is 9.60. The zero-order valence-corrected chi connectivity index (χ0v) is 6.39. The van der Waals surface area contributed by atoms with Crippen molar-refractivity contribution in [3.63, 3.8) is 0 Å². The first-order valence-corrected chi connectivity index (χ1v) is 3.28. The van der Waals surface area contributed by atoms with E-state index < -0.39 is 0 Å². The molecule has 0 aliphatic heterocycles. The highest BCUT2D eigenvalue weighted by atomic mass is 16.2. The van der Waals surface area contributed by atoms with Crippen molar-refractivity contribution in [1.29, 1.82) is 0 Å². The molecule has 0 atom stereocenters. The minimum absolute atomic E-state index is 0.417. The Hall–Kier alpha value is -0.390. The molecule has 0 fully saturated rings. The van der Waals surface area contributed by atoms with Crippen LogP contribution in [0.4, 0.5) is 0 Å². The largest absolute Gasteiger partial charge is 0.463 e. The summed E-state index contributed by atoms with van der Waals surface area (Å²) in [4.78, 5) is 0. The van der Waals surface area contributed by atoms with E-state index in [-0.39, 0.29) is 0 Å². The van der Waals surface area contributed by atoms with E-state index in [9.17, 15) is 0 Å². The van der Waals surface area contributed by atoms with Crippen molar-refractivity contribution in [2.45, 2.75) is 13.8 Å². The van der Waals surface area contributed by atoms with Crippen molar-refractivity contribution < 1.29 is 5.02 Å². The number of hydrogen-bond donors (Lipinski definition) is 2. The molecule has 0 spiro atoms. The maximum absolute atomic E-state index is 8.18. The summed E-state index contributed by atoms with van der Waals surface area (Å²) in [6.45, 7) is 4.67. The van der Waals surface area contributed by atoms with Crippen LogP contribution in [0.2, 0.25) is 0 Å². The minimum Gasteiger partial charge on any atom is -0.463 e. The Morgan fingerprint density at radius 3 is 2.80 bits per heavy atom. The molecule has 0 saturated heterocycles. The SMILES string of the molecule is CC(C)C#CCN[B][B]O. The summed E-state index contributed by atoms with van der Waals surface area (Å²) in [5, 5.41) is 11.0. The van der Waals surface area contributed by atoms with Crippen LogP contribution in [0.25, 0.3) is 0 Å². The fourth-order valence-electron chi connectivity index (χ4n) is 0.418. The number of hydrogen-bond acceptors (Lipinski definition) is 2. The first-order valence-electron chi connectivity index (χ1n) is 3.28. The van der Waals surface area contributed by atoms with Gasteiger partial charge in [-0.2, -0.15) is 0 Å². The summed E-state index contributed by atoms with van der Waals surface area (Å²) in [6, 6.07) is 0. The molecule has 10 heavy (non-hydrogen) atoms. The Morgan fingerprint density at radius 1 is 1.60 bits per heavy atom. The first-order chi connectivity index (χ1) is 4.77. The van der Waals surface area contributed by atoms with Crippen molar-refractivity contribution in [2.75, 3.05) is 6.54 Å². The lowest BCUT2D eigenvalue weighted by molar-refractivity contribution is 0.619. The Bertz CT molecular complexity index is 127. The van der Waals surface area contributed by atoms with Gasteiger partial charge >= 0.3 is 0 Å². The van der Waals surface area contributed by atoms with Gasteiger partial charge in [0.1, 0.15) is 0 Å². The molecule has 0 aromatic heterocycles. The Kier molecular flexibility index (Phi) is 6.46. The smallest absolute Gasteiger partial charge is 0.258 e. The van der Waals surface area contributed by atoms with Gasteiger partial charge in [0.2, 0.25) is 0 Å². The molecule has 2 N–H and O–H groups in total. The molecule has 0 saturated carbocycles. The molecule has 0 aliphatic rings. The monoisotopic (exact) mass is 135 g/mol. The summed E-state index contributed by atoms with van der Waals surface area (Å²) in [5.41, 5.74) is 0. The second-order valence-electron chi connectivity index (χ2n) is 2.17. The quantitative estimate of drug-likeness (QED) is 0.307. The average molecular weight is 135 g/mol. The van der Waals surface area contributed by atoms with Crippen molar-refractivity contribution in [3.8, 4) is 11.8 Å². The zero-order chi connectivity index (χ0) is 7.82. The average Bonchev–Trinajstić information content (AvgIpc) is 1.87. The molecule has 2 radical (unpaired) electrons. The molecule has 0 aliphatic carbocycles. The van der Waals surface area contributed by atoms with Gasteiger partial charge in [-0.25, -0.2) is 0 Å². The molecule has 0 unspecified atom stereocenters. The van der Waals surface area contributed by atoms with Gasteiger partial charge in [0.15, 0.2) is 7.31 Å². The van der Waals surface area contributed by atoms with Crippen LogP contribution in [-0.2, 0) is 0 Å². The van der Waals surface area contributed by atoms with E-state index in [0.717, 1.165) is 7.37 Å². The third-order valence-electron chi connectivity index (χ3n) is 0.774. The summed E-state index contributed by atoms with van der Waals surface area (Å²) in [7, 11) is 2.41. The predicted octanol–water partition coefficient (Wildman–Crippen LogP) is -0.619. The van der Waals surface area contributed by atoms with E-state index >= 15 is 0 Å². The predicted molar refractivity (Wildman–Crippen MR) is 44.3 cm³/mol. The molecule has 0 rings (SSSR count). The number of rotatable bonds is 3. The molecule has 0 aromatic rings. The normalized spacial score (nSPS) is 8.40. The second-order valence-corrected chi connectivity index (χ2v) is 2.17. The Balaban J connectivity index is 3.12. The van der Waals surface area contributed by atoms with E-state index in [4.69, 9.17) is 5.02 Å². The van der Waals surface area contributed by atoms with Crippen molar-refractivity contribution >= 4 is 14.7 Å². The fraction of sp³-hybridized carbons (Fsp3) is 0.667. The van der Waals surface area contributed by atoms with Crippen LogP contribution in [0.1, 0.15) is 13.8 Å².